The Bertz CT molecular complexity index is 406. The Morgan fingerprint density at radius 2 is 2.41 bits per heavy atom. The number of rotatable bonds is 6. The molecule has 0 fully saturated rings. The zero-order valence-corrected chi connectivity index (χ0v) is 11.6. The van der Waals surface area contributed by atoms with E-state index in [0.29, 0.717) is 23.0 Å². The standard InChI is InChI=1S/C10H17N3O2S2/c1-7(3-4-17(2)15)12-9(14)5-8-6-16-10(11)13-8/h6-7H,3-5H2,1-2H3,(H2,11,13)(H,12,14). The summed E-state index contributed by atoms with van der Waals surface area (Å²) in [5.41, 5.74) is 6.17. The summed E-state index contributed by atoms with van der Waals surface area (Å²) in [6.07, 6.45) is 2.62. The lowest BCUT2D eigenvalue weighted by molar-refractivity contribution is -0.121. The predicted octanol–water partition coefficient (Wildman–Crippen LogP) is 0.541. The van der Waals surface area contributed by atoms with Gasteiger partial charge in [0.2, 0.25) is 5.91 Å². The maximum absolute atomic E-state index is 11.6. The van der Waals surface area contributed by atoms with Crippen molar-refractivity contribution in [3.8, 4) is 0 Å². The number of amides is 1. The van der Waals surface area contributed by atoms with Gasteiger partial charge >= 0.3 is 0 Å². The Morgan fingerprint density at radius 1 is 1.71 bits per heavy atom. The zero-order chi connectivity index (χ0) is 12.8. The molecule has 0 aromatic carbocycles. The van der Waals surface area contributed by atoms with Crippen LogP contribution in [0.25, 0.3) is 0 Å². The molecule has 0 aliphatic carbocycles. The molecule has 0 aliphatic rings. The van der Waals surface area contributed by atoms with Crippen molar-refractivity contribution in [2.75, 3.05) is 17.7 Å². The van der Waals surface area contributed by atoms with Crippen LogP contribution in [0.3, 0.4) is 0 Å². The van der Waals surface area contributed by atoms with Crippen LogP contribution in [0.1, 0.15) is 19.0 Å². The van der Waals surface area contributed by atoms with Crippen molar-refractivity contribution in [1.82, 2.24) is 10.3 Å². The van der Waals surface area contributed by atoms with Crippen LogP contribution < -0.4 is 11.1 Å². The Kier molecular flexibility index (Phi) is 5.57. The van der Waals surface area contributed by atoms with E-state index in [1.54, 1.807) is 11.6 Å². The van der Waals surface area contributed by atoms with Gasteiger partial charge in [0.1, 0.15) is 0 Å². The number of hydrogen-bond acceptors (Lipinski definition) is 5. The number of nitrogens with two attached hydrogens (primary N) is 1. The minimum Gasteiger partial charge on any atom is -0.375 e. The molecular formula is C10H17N3O2S2. The van der Waals surface area contributed by atoms with Crippen molar-refractivity contribution in [3.63, 3.8) is 0 Å². The summed E-state index contributed by atoms with van der Waals surface area (Å²) in [7, 11) is -0.814. The fourth-order valence-corrected chi connectivity index (χ4v) is 2.56. The number of carbonyl (C=O) groups is 1. The fourth-order valence-electron chi connectivity index (χ4n) is 1.31. The molecule has 7 heteroatoms. The fraction of sp³-hybridized carbons (Fsp3) is 0.600. The van der Waals surface area contributed by atoms with Gasteiger partial charge in [-0.1, -0.05) is 0 Å². The third-order valence-electron chi connectivity index (χ3n) is 2.16. The van der Waals surface area contributed by atoms with Crippen molar-refractivity contribution < 1.29 is 9.00 Å². The van der Waals surface area contributed by atoms with E-state index in [4.69, 9.17) is 5.73 Å². The van der Waals surface area contributed by atoms with E-state index in [-0.39, 0.29) is 18.4 Å². The molecule has 0 saturated carbocycles. The highest BCUT2D eigenvalue weighted by Crippen LogP contribution is 2.11. The first-order valence-electron chi connectivity index (χ1n) is 5.26. The summed E-state index contributed by atoms with van der Waals surface area (Å²) in [6, 6.07) is 0.0300. The molecular weight excluding hydrogens is 258 g/mol. The van der Waals surface area contributed by atoms with E-state index >= 15 is 0 Å². The maximum atomic E-state index is 11.6. The van der Waals surface area contributed by atoms with Gasteiger partial charge < -0.3 is 11.1 Å². The molecule has 0 radical (unpaired) electrons. The first-order valence-corrected chi connectivity index (χ1v) is 7.87. The molecule has 0 bridgehead atoms. The highest BCUT2D eigenvalue weighted by atomic mass is 32.2. The smallest absolute Gasteiger partial charge is 0.226 e. The van der Waals surface area contributed by atoms with Gasteiger partial charge in [0.25, 0.3) is 0 Å². The average molecular weight is 275 g/mol. The SMILES string of the molecule is CC(CCS(C)=O)NC(=O)Cc1csc(N)n1. The molecule has 2 unspecified atom stereocenters. The summed E-state index contributed by atoms with van der Waals surface area (Å²) >= 11 is 1.33. The molecule has 1 heterocycles. The van der Waals surface area contributed by atoms with Gasteiger partial charge in [0.05, 0.1) is 12.1 Å². The van der Waals surface area contributed by atoms with E-state index in [2.05, 4.69) is 10.3 Å². The second-order valence-electron chi connectivity index (χ2n) is 3.89. The quantitative estimate of drug-likeness (QED) is 0.793. The Labute approximate surface area is 107 Å². The number of hydrogen-bond donors (Lipinski definition) is 2. The number of nitrogen functional groups attached to an aromatic ring is 1. The Balaban J connectivity index is 2.31. The van der Waals surface area contributed by atoms with Crippen molar-refractivity contribution in [2.45, 2.75) is 25.8 Å². The van der Waals surface area contributed by atoms with Crippen molar-refractivity contribution in [2.24, 2.45) is 0 Å². The summed E-state index contributed by atoms with van der Waals surface area (Å²) in [6.45, 7) is 1.90. The third-order valence-corrected chi connectivity index (χ3v) is 3.69. The molecule has 17 heavy (non-hydrogen) atoms. The Hall–Kier alpha value is -0.950. The molecule has 1 aromatic heterocycles. The first kappa shape index (κ1) is 14.1. The van der Waals surface area contributed by atoms with Gasteiger partial charge in [-0.25, -0.2) is 4.98 Å². The van der Waals surface area contributed by atoms with E-state index in [0.717, 1.165) is 0 Å². The Morgan fingerprint density at radius 3 is 2.94 bits per heavy atom. The lowest BCUT2D eigenvalue weighted by atomic mass is 10.2. The molecule has 3 N–H and O–H groups in total. The van der Waals surface area contributed by atoms with E-state index < -0.39 is 10.8 Å². The second-order valence-corrected chi connectivity index (χ2v) is 6.33. The number of thiazole rings is 1. The number of nitrogens with one attached hydrogen (secondary N) is 1. The first-order chi connectivity index (χ1) is 7.97. The van der Waals surface area contributed by atoms with Crippen LogP contribution in [0.5, 0.6) is 0 Å². The molecule has 1 aromatic rings. The van der Waals surface area contributed by atoms with Gasteiger partial charge in [0.15, 0.2) is 5.13 Å². The largest absolute Gasteiger partial charge is 0.375 e. The topological polar surface area (TPSA) is 85.1 Å². The second kappa shape index (κ2) is 6.70. The van der Waals surface area contributed by atoms with Gasteiger partial charge in [-0.15, -0.1) is 11.3 Å². The summed E-state index contributed by atoms with van der Waals surface area (Å²) in [4.78, 5) is 15.6. The van der Waals surface area contributed by atoms with E-state index in [1.807, 2.05) is 6.92 Å². The lowest BCUT2D eigenvalue weighted by Gasteiger charge is -2.12. The third kappa shape index (κ3) is 5.78. The van der Waals surface area contributed by atoms with Crippen molar-refractivity contribution >= 4 is 33.2 Å². The van der Waals surface area contributed by atoms with Crippen LogP contribution in [0.2, 0.25) is 0 Å². The molecule has 1 amide bonds. The minimum absolute atomic E-state index is 0.0300. The van der Waals surface area contributed by atoms with Gasteiger partial charge in [-0.05, 0) is 13.3 Å². The summed E-state index contributed by atoms with van der Waals surface area (Å²) in [5, 5.41) is 5.10. The average Bonchev–Trinajstić information content (AvgIpc) is 2.60. The summed E-state index contributed by atoms with van der Waals surface area (Å²) in [5.74, 6) is 0.523. The molecule has 2 atom stereocenters. The molecule has 1 rings (SSSR count). The van der Waals surface area contributed by atoms with Crippen LogP contribution in [-0.2, 0) is 22.0 Å². The van der Waals surface area contributed by atoms with Crippen molar-refractivity contribution in [3.05, 3.63) is 11.1 Å². The van der Waals surface area contributed by atoms with E-state index in [9.17, 15) is 9.00 Å². The van der Waals surface area contributed by atoms with Gasteiger partial charge in [0, 0.05) is 34.2 Å². The molecule has 0 aliphatic heterocycles. The number of carbonyl (C=O) groups excluding carboxylic acids is 1. The number of nitrogens with zero attached hydrogens (tertiary/aromatic N) is 1. The predicted molar refractivity (Wildman–Crippen MR) is 71.4 cm³/mol. The van der Waals surface area contributed by atoms with Gasteiger partial charge in [-0.3, -0.25) is 9.00 Å². The summed E-state index contributed by atoms with van der Waals surface area (Å²) < 4.78 is 10.9. The van der Waals surface area contributed by atoms with Crippen LogP contribution >= 0.6 is 11.3 Å². The molecule has 0 spiro atoms. The minimum atomic E-state index is -0.814. The number of anilines is 1. The van der Waals surface area contributed by atoms with E-state index in [1.165, 1.54) is 11.3 Å². The van der Waals surface area contributed by atoms with Crippen LogP contribution in [0.4, 0.5) is 5.13 Å². The normalized spacial score (nSPS) is 14.2. The van der Waals surface area contributed by atoms with Crippen LogP contribution in [-0.4, -0.2) is 33.2 Å². The highest BCUT2D eigenvalue weighted by molar-refractivity contribution is 7.84. The monoisotopic (exact) mass is 275 g/mol. The maximum Gasteiger partial charge on any atom is 0.226 e. The van der Waals surface area contributed by atoms with Gasteiger partial charge in [-0.2, -0.15) is 0 Å². The molecule has 96 valence electrons. The van der Waals surface area contributed by atoms with Crippen LogP contribution in [0.15, 0.2) is 5.38 Å². The molecule has 0 saturated heterocycles. The lowest BCUT2D eigenvalue weighted by Crippen LogP contribution is -2.34. The van der Waals surface area contributed by atoms with Crippen LogP contribution in [0, 0.1) is 0 Å². The van der Waals surface area contributed by atoms with Crippen molar-refractivity contribution in [1.29, 1.82) is 0 Å². The highest BCUT2D eigenvalue weighted by Gasteiger charge is 2.10. The molecule has 5 nitrogen and oxygen atoms in total. The number of aromatic nitrogens is 1. The zero-order valence-electron chi connectivity index (χ0n) is 9.93.